The van der Waals surface area contributed by atoms with E-state index in [4.69, 9.17) is 17.3 Å². The molecular formula is C6H5ClF3NO. The lowest BCUT2D eigenvalue weighted by Gasteiger charge is -2.13. The molecule has 0 saturated carbocycles. The fourth-order valence-electron chi connectivity index (χ4n) is 0.690. The van der Waals surface area contributed by atoms with E-state index in [0.717, 1.165) is 12.5 Å². The van der Waals surface area contributed by atoms with E-state index in [1.54, 1.807) is 0 Å². The third-order valence-electron chi connectivity index (χ3n) is 1.33. The van der Waals surface area contributed by atoms with Gasteiger partial charge in [0.25, 0.3) is 0 Å². The number of rotatable bonds is 1. The number of furan rings is 1. The van der Waals surface area contributed by atoms with Crippen LogP contribution in [0.2, 0.25) is 5.02 Å². The summed E-state index contributed by atoms with van der Waals surface area (Å²) in [6.07, 6.45) is -2.60. The molecule has 6 heteroatoms. The highest BCUT2D eigenvalue weighted by Crippen LogP contribution is 2.34. The summed E-state index contributed by atoms with van der Waals surface area (Å²) >= 11 is 5.37. The summed E-state index contributed by atoms with van der Waals surface area (Å²) in [7, 11) is 0. The molecule has 1 aromatic rings. The molecular weight excluding hydrogens is 195 g/mol. The summed E-state index contributed by atoms with van der Waals surface area (Å²) in [6, 6.07) is -2.08. The van der Waals surface area contributed by atoms with Gasteiger partial charge in [-0.3, -0.25) is 0 Å². The molecule has 0 radical (unpaired) electrons. The second-order valence-electron chi connectivity index (χ2n) is 2.19. The van der Waals surface area contributed by atoms with E-state index in [1.807, 2.05) is 0 Å². The molecule has 1 atom stereocenters. The predicted molar refractivity (Wildman–Crippen MR) is 36.7 cm³/mol. The molecule has 0 amide bonds. The van der Waals surface area contributed by atoms with Crippen LogP contribution in [0, 0.1) is 0 Å². The first kappa shape index (κ1) is 9.41. The lowest BCUT2D eigenvalue weighted by atomic mass is 10.1. The Hall–Kier alpha value is -0.680. The molecule has 0 saturated heterocycles. The van der Waals surface area contributed by atoms with E-state index >= 15 is 0 Å². The van der Waals surface area contributed by atoms with Crippen molar-refractivity contribution in [3.63, 3.8) is 0 Å². The Morgan fingerprint density at radius 2 is 2.00 bits per heavy atom. The Labute approximate surface area is 71.1 Å². The van der Waals surface area contributed by atoms with Crippen molar-refractivity contribution in [2.75, 3.05) is 0 Å². The minimum Gasteiger partial charge on any atom is -0.471 e. The van der Waals surface area contributed by atoms with Gasteiger partial charge in [0, 0.05) is 5.56 Å². The van der Waals surface area contributed by atoms with Crippen LogP contribution >= 0.6 is 11.6 Å². The highest BCUT2D eigenvalue weighted by molar-refractivity contribution is 6.31. The van der Waals surface area contributed by atoms with Crippen molar-refractivity contribution in [3.8, 4) is 0 Å². The van der Waals surface area contributed by atoms with Crippen LogP contribution in [0.25, 0.3) is 0 Å². The smallest absolute Gasteiger partial charge is 0.407 e. The van der Waals surface area contributed by atoms with Crippen LogP contribution in [0.1, 0.15) is 11.6 Å². The lowest BCUT2D eigenvalue weighted by Crippen LogP contribution is -2.28. The number of hydrogen-bond acceptors (Lipinski definition) is 2. The Morgan fingerprint density at radius 3 is 2.33 bits per heavy atom. The van der Waals surface area contributed by atoms with Crippen molar-refractivity contribution >= 4 is 11.6 Å². The van der Waals surface area contributed by atoms with Crippen LogP contribution in [0.5, 0.6) is 0 Å². The number of halogens is 4. The molecule has 1 rings (SSSR count). The molecule has 0 spiro atoms. The number of nitrogens with two attached hydrogens (primary N) is 1. The van der Waals surface area contributed by atoms with E-state index in [0.29, 0.717) is 0 Å². The van der Waals surface area contributed by atoms with Crippen LogP contribution in [0.3, 0.4) is 0 Å². The fourth-order valence-corrected chi connectivity index (χ4v) is 0.903. The summed E-state index contributed by atoms with van der Waals surface area (Å²) in [5, 5.41) is -0.111. The Morgan fingerprint density at radius 1 is 1.42 bits per heavy atom. The fraction of sp³-hybridized carbons (Fsp3) is 0.333. The minimum atomic E-state index is -4.49. The third-order valence-corrected chi connectivity index (χ3v) is 1.64. The van der Waals surface area contributed by atoms with E-state index in [2.05, 4.69) is 4.42 Å². The Kier molecular flexibility index (Phi) is 2.34. The first-order valence-electron chi connectivity index (χ1n) is 2.97. The maximum Gasteiger partial charge on any atom is 0.407 e. The van der Waals surface area contributed by atoms with Gasteiger partial charge in [-0.2, -0.15) is 13.2 Å². The standard InChI is InChI=1S/C6H5ClF3NO/c7-4-2-12-1-3(4)5(11)6(8,9)10/h1-2,5H,11H2/t5-/m0/s1. The Bertz CT molecular complexity index is 270. The monoisotopic (exact) mass is 199 g/mol. The van der Waals surface area contributed by atoms with Crippen LogP contribution in [0.15, 0.2) is 16.9 Å². The molecule has 68 valence electrons. The van der Waals surface area contributed by atoms with Gasteiger partial charge in [-0.25, -0.2) is 0 Å². The molecule has 0 aliphatic rings. The van der Waals surface area contributed by atoms with Gasteiger partial charge in [-0.05, 0) is 0 Å². The van der Waals surface area contributed by atoms with E-state index < -0.39 is 12.2 Å². The molecule has 2 N–H and O–H groups in total. The average molecular weight is 200 g/mol. The van der Waals surface area contributed by atoms with Gasteiger partial charge >= 0.3 is 6.18 Å². The largest absolute Gasteiger partial charge is 0.471 e. The van der Waals surface area contributed by atoms with Crippen LogP contribution in [0.4, 0.5) is 13.2 Å². The average Bonchev–Trinajstić information content (AvgIpc) is 2.31. The first-order chi connectivity index (χ1) is 5.43. The summed E-state index contributed by atoms with van der Waals surface area (Å²) in [4.78, 5) is 0. The highest BCUT2D eigenvalue weighted by atomic mass is 35.5. The third kappa shape index (κ3) is 1.73. The van der Waals surface area contributed by atoms with Gasteiger partial charge < -0.3 is 10.2 Å². The zero-order valence-electron chi connectivity index (χ0n) is 5.73. The van der Waals surface area contributed by atoms with E-state index in [1.165, 1.54) is 0 Å². The van der Waals surface area contributed by atoms with Crippen molar-refractivity contribution in [3.05, 3.63) is 23.1 Å². The molecule has 0 fully saturated rings. The molecule has 0 aliphatic heterocycles. The zero-order valence-corrected chi connectivity index (χ0v) is 6.49. The van der Waals surface area contributed by atoms with Crippen molar-refractivity contribution < 1.29 is 17.6 Å². The van der Waals surface area contributed by atoms with Gasteiger partial charge in [0.2, 0.25) is 0 Å². The molecule has 1 aromatic heterocycles. The molecule has 0 aliphatic carbocycles. The molecule has 1 heterocycles. The summed E-state index contributed by atoms with van der Waals surface area (Å²) in [5.41, 5.74) is 4.60. The number of alkyl halides is 3. The van der Waals surface area contributed by atoms with Gasteiger partial charge in [0.05, 0.1) is 11.3 Å². The highest BCUT2D eigenvalue weighted by Gasteiger charge is 2.39. The van der Waals surface area contributed by atoms with Gasteiger partial charge in [0.15, 0.2) is 0 Å². The molecule has 0 unspecified atom stereocenters. The second-order valence-corrected chi connectivity index (χ2v) is 2.60. The van der Waals surface area contributed by atoms with Crippen molar-refractivity contribution in [1.82, 2.24) is 0 Å². The maximum absolute atomic E-state index is 12.0. The van der Waals surface area contributed by atoms with Gasteiger partial charge in [-0.15, -0.1) is 0 Å². The topological polar surface area (TPSA) is 39.2 Å². The quantitative estimate of drug-likeness (QED) is 0.755. The zero-order chi connectivity index (χ0) is 9.35. The van der Waals surface area contributed by atoms with Gasteiger partial charge in [-0.1, -0.05) is 11.6 Å². The molecule has 2 nitrogen and oxygen atoms in total. The van der Waals surface area contributed by atoms with E-state index in [-0.39, 0.29) is 10.6 Å². The molecule has 12 heavy (non-hydrogen) atoms. The van der Waals surface area contributed by atoms with Crippen molar-refractivity contribution in [2.24, 2.45) is 5.73 Å². The maximum atomic E-state index is 12.0. The SMILES string of the molecule is N[C@@H](c1cocc1Cl)C(F)(F)F. The first-order valence-corrected chi connectivity index (χ1v) is 3.34. The summed E-state index contributed by atoms with van der Waals surface area (Å²) in [5.74, 6) is 0. The van der Waals surface area contributed by atoms with E-state index in [9.17, 15) is 13.2 Å². The predicted octanol–water partition coefficient (Wildman–Crippen LogP) is 2.50. The molecule has 0 aromatic carbocycles. The Balaban J connectivity index is 2.92. The van der Waals surface area contributed by atoms with Crippen molar-refractivity contribution in [2.45, 2.75) is 12.2 Å². The second kappa shape index (κ2) is 2.99. The summed E-state index contributed by atoms with van der Waals surface area (Å²) < 4.78 is 40.4. The lowest BCUT2D eigenvalue weighted by molar-refractivity contribution is -0.149. The van der Waals surface area contributed by atoms with Crippen LogP contribution in [-0.2, 0) is 0 Å². The normalized spacial score (nSPS) is 14.8. The molecule has 0 bridgehead atoms. The summed E-state index contributed by atoms with van der Waals surface area (Å²) in [6.45, 7) is 0. The van der Waals surface area contributed by atoms with Crippen LogP contribution < -0.4 is 5.73 Å². The minimum absolute atomic E-state index is 0.111. The van der Waals surface area contributed by atoms with Crippen LogP contribution in [-0.4, -0.2) is 6.18 Å². The van der Waals surface area contributed by atoms with Crippen molar-refractivity contribution in [1.29, 1.82) is 0 Å². The number of hydrogen-bond donors (Lipinski definition) is 1. The van der Waals surface area contributed by atoms with Gasteiger partial charge in [0.1, 0.15) is 12.3 Å².